The van der Waals surface area contributed by atoms with Gasteiger partial charge in [-0.25, -0.2) is 0 Å². The van der Waals surface area contributed by atoms with E-state index in [1.165, 1.54) is 5.56 Å². The van der Waals surface area contributed by atoms with E-state index in [1.54, 1.807) is 7.11 Å². The zero-order chi connectivity index (χ0) is 14.5. The average molecular weight is 335 g/mol. The summed E-state index contributed by atoms with van der Waals surface area (Å²) in [4.78, 5) is 0. The summed E-state index contributed by atoms with van der Waals surface area (Å²) in [6, 6.07) is 14.0. The van der Waals surface area contributed by atoms with E-state index in [4.69, 9.17) is 4.74 Å². The maximum absolute atomic E-state index is 10.5. The molecule has 106 valence electrons. The van der Waals surface area contributed by atoms with E-state index >= 15 is 0 Å². The molecule has 20 heavy (non-hydrogen) atoms. The molecule has 1 N–H and O–H groups in total. The quantitative estimate of drug-likeness (QED) is 0.894. The minimum atomic E-state index is -0.595. The fourth-order valence-corrected chi connectivity index (χ4v) is 2.83. The number of aliphatic hydroxyl groups is 1. The van der Waals surface area contributed by atoms with Crippen molar-refractivity contribution in [2.45, 2.75) is 19.4 Å². The van der Waals surface area contributed by atoms with Gasteiger partial charge < -0.3 is 9.84 Å². The topological polar surface area (TPSA) is 29.5 Å². The summed E-state index contributed by atoms with van der Waals surface area (Å²) in [6.07, 6.45) is 0.297. The monoisotopic (exact) mass is 334 g/mol. The lowest BCUT2D eigenvalue weighted by Gasteiger charge is -2.13. The number of aliphatic hydroxyl groups excluding tert-OH is 1. The molecule has 0 saturated carbocycles. The predicted molar refractivity (Wildman–Crippen MR) is 85.0 cm³/mol. The summed E-state index contributed by atoms with van der Waals surface area (Å²) in [6.45, 7) is 2.74. The maximum Gasteiger partial charge on any atom is 0.104 e. The van der Waals surface area contributed by atoms with E-state index < -0.39 is 6.10 Å². The van der Waals surface area contributed by atoms with E-state index in [1.807, 2.05) is 49.4 Å². The summed E-state index contributed by atoms with van der Waals surface area (Å²) in [5, 5.41) is 10.5. The Morgan fingerprint density at radius 3 is 2.40 bits per heavy atom. The number of hydrogen-bond donors (Lipinski definition) is 1. The fraction of sp³-hybridized carbons (Fsp3) is 0.294. The molecule has 2 aromatic carbocycles. The van der Waals surface area contributed by atoms with Crippen molar-refractivity contribution in [3.05, 3.63) is 69.2 Å². The number of benzene rings is 2. The van der Waals surface area contributed by atoms with E-state index in [0.717, 1.165) is 27.6 Å². The Balaban J connectivity index is 2.17. The highest BCUT2D eigenvalue weighted by molar-refractivity contribution is 9.10. The van der Waals surface area contributed by atoms with Crippen LogP contribution in [0.15, 0.2) is 46.9 Å². The molecule has 2 aromatic rings. The van der Waals surface area contributed by atoms with Crippen molar-refractivity contribution >= 4 is 15.9 Å². The normalized spacial score (nSPS) is 12.4. The minimum Gasteiger partial charge on any atom is -0.384 e. The number of halogens is 1. The largest absolute Gasteiger partial charge is 0.384 e. The van der Waals surface area contributed by atoms with Gasteiger partial charge in [-0.2, -0.15) is 0 Å². The maximum atomic E-state index is 10.5. The first-order chi connectivity index (χ1) is 9.60. The zero-order valence-corrected chi connectivity index (χ0v) is 13.4. The van der Waals surface area contributed by atoms with Crippen LogP contribution >= 0.6 is 15.9 Å². The summed E-state index contributed by atoms with van der Waals surface area (Å²) in [7, 11) is 1.70. The Morgan fingerprint density at radius 2 is 1.80 bits per heavy atom. The second-order valence-electron chi connectivity index (χ2n) is 4.95. The molecule has 0 fully saturated rings. The molecular weight excluding hydrogens is 316 g/mol. The Bertz CT molecular complexity index is 543. The minimum absolute atomic E-state index is 0.595. The van der Waals surface area contributed by atoms with Gasteiger partial charge in [-0.1, -0.05) is 46.3 Å². The molecule has 0 aliphatic carbocycles. The Kier molecular flexibility index (Phi) is 5.35. The zero-order valence-electron chi connectivity index (χ0n) is 11.8. The number of aryl methyl sites for hydroxylation is 1. The van der Waals surface area contributed by atoms with Crippen LogP contribution < -0.4 is 0 Å². The molecular formula is C17H19BrO2. The van der Waals surface area contributed by atoms with E-state index in [9.17, 15) is 5.11 Å². The van der Waals surface area contributed by atoms with Crippen LogP contribution in [-0.4, -0.2) is 18.8 Å². The molecule has 0 aromatic heterocycles. The molecule has 2 rings (SSSR count). The summed E-state index contributed by atoms with van der Waals surface area (Å²) < 4.78 is 6.05. The van der Waals surface area contributed by atoms with Crippen molar-refractivity contribution in [3.63, 3.8) is 0 Å². The van der Waals surface area contributed by atoms with Crippen molar-refractivity contribution in [1.82, 2.24) is 0 Å². The first kappa shape index (κ1) is 15.2. The lowest BCUT2D eigenvalue weighted by molar-refractivity contribution is 0.202. The fourth-order valence-electron chi connectivity index (χ4n) is 2.20. The lowest BCUT2D eigenvalue weighted by atomic mass is 9.98. The number of hydrogen-bond acceptors (Lipinski definition) is 2. The molecule has 0 saturated heterocycles. The van der Waals surface area contributed by atoms with E-state index in [0.29, 0.717) is 6.61 Å². The lowest BCUT2D eigenvalue weighted by Crippen LogP contribution is -2.01. The summed E-state index contributed by atoms with van der Waals surface area (Å²) in [5.41, 5.74) is 4.16. The van der Waals surface area contributed by atoms with Gasteiger partial charge in [0.05, 0.1) is 6.61 Å². The number of methoxy groups -OCH3 is 1. The van der Waals surface area contributed by atoms with Gasteiger partial charge in [0.1, 0.15) is 6.10 Å². The molecule has 2 nitrogen and oxygen atoms in total. The van der Waals surface area contributed by atoms with Gasteiger partial charge in [-0.05, 0) is 47.7 Å². The first-order valence-corrected chi connectivity index (χ1v) is 7.42. The third-order valence-electron chi connectivity index (χ3n) is 3.27. The standard InChI is InChI=1S/C17H19BrO2/c1-12-9-15(11-16(18)10-12)17(19)14-5-3-13(4-6-14)7-8-20-2/h3-6,9-11,17,19H,7-8H2,1-2H3. The second-order valence-corrected chi connectivity index (χ2v) is 5.86. The van der Waals surface area contributed by atoms with Crippen molar-refractivity contribution in [2.75, 3.05) is 13.7 Å². The molecule has 0 spiro atoms. The molecule has 1 atom stereocenters. The smallest absolute Gasteiger partial charge is 0.104 e. The molecule has 1 unspecified atom stereocenters. The Morgan fingerprint density at radius 1 is 1.10 bits per heavy atom. The highest BCUT2D eigenvalue weighted by Gasteiger charge is 2.11. The van der Waals surface area contributed by atoms with Crippen LogP contribution in [0.5, 0.6) is 0 Å². The van der Waals surface area contributed by atoms with Crippen molar-refractivity contribution in [2.24, 2.45) is 0 Å². The number of ether oxygens (including phenoxy) is 1. The predicted octanol–water partition coefficient (Wildman–Crippen LogP) is 4.03. The summed E-state index contributed by atoms with van der Waals surface area (Å²) in [5.74, 6) is 0. The van der Waals surface area contributed by atoms with E-state index in [2.05, 4.69) is 15.9 Å². The molecule has 0 amide bonds. The molecule has 0 aliphatic rings. The Labute approximate surface area is 128 Å². The van der Waals surface area contributed by atoms with Gasteiger partial charge in [0.2, 0.25) is 0 Å². The highest BCUT2D eigenvalue weighted by atomic mass is 79.9. The SMILES string of the molecule is COCCc1ccc(C(O)c2cc(C)cc(Br)c2)cc1. The third kappa shape index (κ3) is 3.92. The summed E-state index contributed by atoms with van der Waals surface area (Å²) >= 11 is 3.47. The second kappa shape index (κ2) is 7.02. The van der Waals surface area contributed by atoms with Gasteiger partial charge in [-0.3, -0.25) is 0 Å². The average Bonchev–Trinajstić information content (AvgIpc) is 2.44. The van der Waals surface area contributed by atoms with Crippen LogP contribution in [0.2, 0.25) is 0 Å². The van der Waals surface area contributed by atoms with Gasteiger partial charge in [0, 0.05) is 11.6 Å². The first-order valence-electron chi connectivity index (χ1n) is 6.63. The van der Waals surface area contributed by atoms with Crippen LogP contribution in [0.1, 0.15) is 28.4 Å². The third-order valence-corrected chi connectivity index (χ3v) is 3.73. The van der Waals surface area contributed by atoms with E-state index in [-0.39, 0.29) is 0 Å². The molecule has 0 aliphatic heterocycles. The van der Waals surface area contributed by atoms with Crippen molar-refractivity contribution < 1.29 is 9.84 Å². The molecule has 0 heterocycles. The van der Waals surface area contributed by atoms with Crippen LogP contribution in [0.25, 0.3) is 0 Å². The van der Waals surface area contributed by atoms with Gasteiger partial charge in [0.15, 0.2) is 0 Å². The van der Waals surface area contributed by atoms with Crippen LogP contribution in [-0.2, 0) is 11.2 Å². The molecule has 0 bridgehead atoms. The number of rotatable bonds is 5. The van der Waals surface area contributed by atoms with Gasteiger partial charge in [-0.15, -0.1) is 0 Å². The Hall–Kier alpha value is -1.16. The molecule has 0 radical (unpaired) electrons. The van der Waals surface area contributed by atoms with Crippen LogP contribution in [0.4, 0.5) is 0 Å². The van der Waals surface area contributed by atoms with Crippen LogP contribution in [0, 0.1) is 6.92 Å². The molecule has 3 heteroatoms. The van der Waals surface area contributed by atoms with Gasteiger partial charge >= 0.3 is 0 Å². The van der Waals surface area contributed by atoms with Gasteiger partial charge in [0.25, 0.3) is 0 Å². The van der Waals surface area contributed by atoms with Crippen LogP contribution in [0.3, 0.4) is 0 Å². The van der Waals surface area contributed by atoms with Crippen molar-refractivity contribution in [3.8, 4) is 0 Å². The highest BCUT2D eigenvalue weighted by Crippen LogP contribution is 2.26. The van der Waals surface area contributed by atoms with Crippen molar-refractivity contribution in [1.29, 1.82) is 0 Å².